The lowest BCUT2D eigenvalue weighted by molar-refractivity contribution is 0.0209. The second-order valence-electron chi connectivity index (χ2n) is 5.35. The summed E-state index contributed by atoms with van der Waals surface area (Å²) < 4.78 is 11.5. The van der Waals surface area contributed by atoms with Crippen LogP contribution in [0, 0.1) is 0 Å². The van der Waals surface area contributed by atoms with Crippen molar-refractivity contribution >= 4 is 0 Å². The lowest BCUT2D eigenvalue weighted by Gasteiger charge is -2.28. The zero-order valence-electron chi connectivity index (χ0n) is 12.0. The van der Waals surface area contributed by atoms with E-state index in [4.69, 9.17) is 15.2 Å². The molecule has 1 saturated carbocycles. The number of rotatable bonds is 5. The number of ether oxygens (including phenoxy) is 2. The van der Waals surface area contributed by atoms with Crippen molar-refractivity contribution in [3.63, 3.8) is 0 Å². The van der Waals surface area contributed by atoms with E-state index in [1.165, 1.54) is 12.0 Å². The van der Waals surface area contributed by atoms with E-state index >= 15 is 0 Å². The third-order valence-corrected chi connectivity index (χ3v) is 3.96. The van der Waals surface area contributed by atoms with E-state index in [9.17, 15) is 0 Å². The summed E-state index contributed by atoms with van der Waals surface area (Å²) in [6.45, 7) is 2.10. The zero-order chi connectivity index (χ0) is 13.7. The molecule has 2 N–H and O–H groups in total. The Kier molecular flexibility index (Phi) is 5.23. The van der Waals surface area contributed by atoms with Crippen LogP contribution in [0.15, 0.2) is 24.3 Å². The Labute approximate surface area is 116 Å². The Balaban J connectivity index is 1.92. The first kappa shape index (κ1) is 14.4. The second kappa shape index (κ2) is 6.92. The molecular formula is C16H25NO2. The van der Waals surface area contributed by atoms with Gasteiger partial charge < -0.3 is 15.2 Å². The van der Waals surface area contributed by atoms with Crippen molar-refractivity contribution < 1.29 is 9.47 Å². The molecule has 0 amide bonds. The average Bonchev–Trinajstić information content (AvgIpc) is 2.47. The maximum Gasteiger partial charge on any atom is 0.119 e. The molecule has 0 heterocycles. The molecule has 3 unspecified atom stereocenters. The van der Waals surface area contributed by atoms with E-state index in [0.717, 1.165) is 31.4 Å². The van der Waals surface area contributed by atoms with E-state index in [2.05, 4.69) is 19.1 Å². The molecule has 1 fully saturated rings. The maximum absolute atomic E-state index is 6.03. The zero-order valence-corrected chi connectivity index (χ0v) is 12.0. The highest BCUT2D eigenvalue weighted by atomic mass is 16.5. The van der Waals surface area contributed by atoms with Crippen LogP contribution in [0.25, 0.3) is 0 Å². The summed E-state index contributed by atoms with van der Waals surface area (Å²) in [5.41, 5.74) is 7.18. The van der Waals surface area contributed by atoms with Crippen molar-refractivity contribution in [3.8, 4) is 5.75 Å². The van der Waals surface area contributed by atoms with Crippen LogP contribution in [0.3, 0.4) is 0 Å². The summed E-state index contributed by atoms with van der Waals surface area (Å²) in [7, 11) is 1.79. The van der Waals surface area contributed by atoms with Crippen molar-refractivity contribution in [2.75, 3.05) is 7.11 Å². The lowest BCUT2D eigenvalue weighted by Crippen LogP contribution is -2.29. The molecule has 1 aromatic carbocycles. The number of hydrogen-bond acceptors (Lipinski definition) is 3. The quantitative estimate of drug-likeness (QED) is 0.885. The van der Waals surface area contributed by atoms with Crippen LogP contribution >= 0.6 is 0 Å². The molecule has 106 valence electrons. The van der Waals surface area contributed by atoms with Gasteiger partial charge in [0, 0.05) is 19.6 Å². The minimum atomic E-state index is 0.126. The van der Waals surface area contributed by atoms with Crippen LogP contribution in [0.1, 0.15) is 50.6 Å². The molecule has 3 atom stereocenters. The summed E-state index contributed by atoms with van der Waals surface area (Å²) >= 11 is 0. The van der Waals surface area contributed by atoms with Crippen LogP contribution < -0.4 is 10.5 Å². The SMILES string of the molecule is CCC(N)c1ccc(OC2CCCC(OC)C2)cc1. The third-order valence-electron chi connectivity index (χ3n) is 3.96. The smallest absolute Gasteiger partial charge is 0.119 e. The van der Waals surface area contributed by atoms with Gasteiger partial charge in [0.15, 0.2) is 0 Å². The third kappa shape index (κ3) is 3.95. The summed E-state index contributed by atoms with van der Waals surface area (Å²) in [5, 5.41) is 0. The van der Waals surface area contributed by atoms with Gasteiger partial charge in [-0.15, -0.1) is 0 Å². The van der Waals surface area contributed by atoms with Crippen LogP contribution in [0.4, 0.5) is 0 Å². The van der Waals surface area contributed by atoms with Crippen LogP contribution in [-0.4, -0.2) is 19.3 Å². The van der Waals surface area contributed by atoms with Crippen molar-refractivity contribution in [1.82, 2.24) is 0 Å². The fourth-order valence-corrected chi connectivity index (χ4v) is 2.64. The Morgan fingerprint density at radius 3 is 2.53 bits per heavy atom. The van der Waals surface area contributed by atoms with Gasteiger partial charge in [0.2, 0.25) is 0 Å². The Bertz CT molecular complexity index is 377. The Morgan fingerprint density at radius 1 is 1.21 bits per heavy atom. The number of hydrogen-bond donors (Lipinski definition) is 1. The highest BCUT2D eigenvalue weighted by Crippen LogP contribution is 2.26. The van der Waals surface area contributed by atoms with Crippen LogP contribution in [0.5, 0.6) is 5.75 Å². The molecule has 3 heteroatoms. The monoisotopic (exact) mass is 263 g/mol. The van der Waals surface area contributed by atoms with Gasteiger partial charge in [0.05, 0.1) is 6.10 Å². The van der Waals surface area contributed by atoms with Gasteiger partial charge in [-0.1, -0.05) is 19.1 Å². The van der Waals surface area contributed by atoms with Gasteiger partial charge in [-0.3, -0.25) is 0 Å². The average molecular weight is 263 g/mol. The van der Waals surface area contributed by atoms with Gasteiger partial charge in [0.25, 0.3) is 0 Å². The molecule has 0 aromatic heterocycles. The Hall–Kier alpha value is -1.06. The van der Waals surface area contributed by atoms with Gasteiger partial charge in [-0.05, 0) is 43.4 Å². The van der Waals surface area contributed by atoms with Crippen molar-refractivity contribution in [2.24, 2.45) is 5.73 Å². The molecular weight excluding hydrogens is 238 g/mol. The molecule has 1 aromatic rings. The molecule has 3 nitrogen and oxygen atoms in total. The second-order valence-corrected chi connectivity index (χ2v) is 5.35. The fourth-order valence-electron chi connectivity index (χ4n) is 2.64. The summed E-state index contributed by atoms with van der Waals surface area (Å²) in [4.78, 5) is 0. The van der Waals surface area contributed by atoms with Gasteiger partial charge >= 0.3 is 0 Å². The molecule has 0 saturated heterocycles. The summed E-state index contributed by atoms with van der Waals surface area (Å²) in [6.07, 6.45) is 6.04. The minimum Gasteiger partial charge on any atom is -0.490 e. The minimum absolute atomic E-state index is 0.126. The highest BCUT2D eigenvalue weighted by Gasteiger charge is 2.22. The van der Waals surface area contributed by atoms with E-state index in [1.54, 1.807) is 7.11 Å². The van der Waals surface area contributed by atoms with E-state index in [1.807, 2.05) is 12.1 Å². The van der Waals surface area contributed by atoms with Crippen molar-refractivity contribution in [3.05, 3.63) is 29.8 Å². The van der Waals surface area contributed by atoms with E-state index < -0.39 is 0 Å². The first-order chi connectivity index (χ1) is 9.22. The number of benzene rings is 1. The van der Waals surface area contributed by atoms with Crippen molar-refractivity contribution in [2.45, 2.75) is 57.3 Å². The van der Waals surface area contributed by atoms with Gasteiger partial charge in [0.1, 0.15) is 11.9 Å². The van der Waals surface area contributed by atoms with Crippen LogP contribution in [0.2, 0.25) is 0 Å². The lowest BCUT2D eigenvalue weighted by atomic mass is 9.95. The molecule has 0 bridgehead atoms. The molecule has 2 rings (SSSR count). The predicted octanol–water partition coefficient (Wildman–Crippen LogP) is 3.43. The largest absolute Gasteiger partial charge is 0.490 e. The molecule has 1 aliphatic carbocycles. The number of nitrogens with two attached hydrogens (primary N) is 1. The van der Waals surface area contributed by atoms with Crippen LogP contribution in [-0.2, 0) is 4.74 Å². The molecule has 0 aliphatic heterocycles. The predicted molar refractivity (Wildman–Crippen MR) is 77.3 cm³/mol. The van der Waals surface area contributed by atoms with Gasteiger partial charge in [-0.2, -0.15) is 0 Å². The standard InChI is InChI=1S/C16H25NO2/c1-3-16(17)12-7-9-13(10-8-12)19-15-6-4-5-14(11-15)18-2/h7-10,14-16H,3-6,11,17H2,1-2H3. The molecule has 0 radical (unpaired) electrons. The van der Waals surface area contributed by atoms with Gasteiger partial charge in [-0.25, -0.2) is 0 Å². The highest BCUT2D eigenvalue weighted by molar-refractivity contribution is 5.29. The maximum atomic E-state index is 6.03. The summed E-state index contributed by atoms with van der Waals surface area (Å²) in [5.74, 6) is 0.939. The molecule has 1 aliphatic rings. The van der Waals surface area contributed by atoms with E-state index in [0.29, 0.717) is 6.10 Å². The number of methoxy groups -OCH3 is 1. The first-order valence-corrected chi connectivity index (χ1v) is 7.28. The normalized spacial score (nSPS) is 25.0. The topological polar surface area (TPSA) is 44.5 Å². The summed E-state index contributed by atoms with van der Waals surface area (Å²) in [6, 6.07) is 8.32. The van der Waals surface area contributed by atoms with E-state index in [-0.39, 0.29) is 12.1 Å². The molecule has 19 heavy (non-hydrogen) atoms. The first-order valence-electron chi connectivity index (χ1n) is 7.28. The fraction of sp³-hybridized carbons (Fsp3) is 0.625. The molecule has 0 spiro atoms. The Morgan fingerprint density at radius 2 is 1.89 bits per heavy atom. The van der Waals surface area contributed by atoms with Crippen molar-refractivity contribution in [1.29, 1.82) is 0 Å².